The number of aliphatic hydroxyl groups is 1. The third kappa shape index (κ3) is 2.13. The second kappa shape index (κ2) is 4.55. The van der Waals surface area contributed by atoms with Gasteiger partial charge in [0.2, 0.25) is 0 Å². The summed E-state index contributed by atoms with van der Waals surface area (Å²) in [7, 11) is 0. The molecule has 0 bridgehead atoms. The maximum absolute atomic E-state index is 13.6. The second-order valence-corrected chi connectivity index (χ2v) is 4.41. The van der Waals surface area contributed by atoms with Gasteiger partial charge in [0.15, 0.2) is 5.82 Å². The van der Waals surface area contributed by atoms with Gasteiger partial charge in [0, 0.05) is 31.7 Å². The van der Waals surface area contributed by atoms with Crippen LogP contribution in [0, 0.1) is 17.6 Å². The molecule has 2 nitrogen and oxygen atoms in total. The van der Waals surface area contributed by atoms with Crippen molar-refractivity contribution in [3.05, 3.63) is 28.8 Å². The monoisotopic (exact) mass is 247 g/mol. The zero-order valence-electron chi connectivity index (χ0n) is 8.59. The van der Waals surface area contributed by atoms with Gasteiger partial charge in [-0.3, -0.25) is 0 Å². The van der Waals surface area contributed by atoms with Crippen LogP contribution in [0.3, 0.4) is 0 Å². The van der Waals surface area contributed by atoms with E-state index < -0.39 is 11.6 Å². The van der Waals surface area contributed by atoms with Gasteiger partial charge < -0.3 is 10.0 Å². The lowest BCUT2D eigenvalue weighted by Crippen LogP contribution is -2.22. The molecule has 5 heteroatoms. The Morgan fingerprint density at radius 1 is 1.44 bits per heavy atom. The Hall–Kier alpha value is -0.870. The third-order valence-electron chi connectivity index (χ3n) is 2.84. The van der Waals surface area contributed by atoms with Crippen LogP contribution in [0.4, 0.5) is 14.5 Å². The molecule has 0 aliphatic carbocycles. The number of aliphatic hydroxyl groups excluding tert-OH is 1. The van der Waals surface area contributed by atoms with Crippen LogP contribution in [0.2, 0.25) is 5.02 Å². The lowest BCUT2D eigenvalue weighted by Gasteiger charge is -2.20. The number of halogens is 3. The van der Waals surface area contributed by atoms with E-state index >= 15 is 0 Å². The Bertz CT molecular complexity index is 377. The van der Waals surface area contributed by atoms with Crippen molar-refractivity contribution < 1.29 is 13.9 Å². The van der Waals surface area contributed by atoms with Crippen molar-refractivity contribution in [3.8, 4) is 0 Å². The van der Waals surface area contributed by atoms with E-state index in [0.717, 1.165) is 18.6 Å². The molecule has 0 amide bonds. The third-order valence-corrected chi connectivity index (χ3v) is 3.13. The van der Waals surface area contributed by atoms with Crippen molar-refractivity contribution in [2.45, 2.75) is 6.42 Å². The second-order valence-electron chi connectivity index (χ2n) is 4.00. The van der Waals surface area contributed by atoms with Gasteiger partial charge in [0.05, 0.1) is 10.7 Å². The highest BCUT2D eigenvalue weighted by molar-refractivity contribution is 6.33. The van der Waals surface area contributed by atoms with Crippen LogP contribution in [0.5, 0.6) is 0 Å². The molecule has 1 aromatic carbocycles. The van der Waals surface area contributed by atoms with E-state index in [0.29, 0.717) is 13.1 Å². The number of anilines is 1. The van der Waals surface area contributed by atoms with E-state index in [2.05, 4.69) is 0 Å². The fraction of sp³-hybridized carbons (Fsp3) is 0.455. The smallest absolute Gasteiger partial charge is 0.150 e. The molecule has 1 aliphatic rings. The van der Waals surface area contributed by atoms with Gasteiger partial charge in [-0.2, -0.15) is 0 Å². The Labute approximate surface area is 97.4 Å². The number of benzene rings is 1. The van der Waals surface area contributed by atoms with Gasteiger partial charge in [0.25, 0.3) is 0 Å². The van der Waals surface area contributed by atoms with Crippen molar-refractivity contribution >= 4 is 17.3 Å². The van der Waals surface area contributed by atoms with Crippen LogP contribution in [0.15, 0.2) is 12.1 Å². The molecule has 1 aromatic rings. The number of rotatable bonds is 2. The first-order chi connectivity index (χ1) is 7.61. The first-order valence-corrected chi connectivity index (χ1v) is 5.50. The Kier molecular flexibility index (Phi) is 3.30. The SMILES string of the molecule is OCC1CCN(c2c(F)cc(F)cc2Cl)C1. The molecule has 88 valence electrons. The number of hydrogen-bond acceptors (Lipinski definition) is 2. The number of nitrogens with zero attached hydrogens (tertiary/aromatic N) is 1. The Balaban J connectivity index is 2.28. The molecule has 1 atom stereocenters. The summed E-state index contributed by atoms with van der Waals surface area (Å²) < 4.78 is 26.4. The summed E-state index contributed by atoms with van der Waals surface area (Å²) in [4.78, 5) is 1.75. The van der Waals surface area contributed by atoms with Gasteiger partial charge in [-0.25, -0.2) is 8.78 Å². The van der Waals surface area contributed by atoms with E-state index in [9.17, 15) is 8.78 Å². The molecular weight excluding hydrogens is 236 g/mol. The zero-order valence-corrected chi connectivity index (χ0v) is 9.34. The van der Waals surface area contributed by atoms with Crippen LogP contribution >= 0.6 is 11.6 Å². The van der Waals surface area contributed by atoms with E-state index in [1.807, 2.05) is 0 Å². The zero-order chi connectivity index (χ0) is 11.7. The van der Waals surface area contributed by atoms with Gasteiger partial charge >= 0.3 is 0 Å². The molecule has 1 heterocycles. The van der Waals surface area contributed by atoms with E-state index in [1.165, 1.54) is 0 Å². The molecule has 1 unspecified atom stereocenters. The van der Waals surface area contributed by atoms with Crippen molar-refractivity contribution in [1.29, 1.82) is 0 Å². The summed E-state index contributed by atoms with van der Waals surface area (Å²) in [5, 5.41) is 9.08. The van der Waals surface area contributed by atoms with E-state index in [1.54, 1.807) is 4.90 Å². The van der Waals surface area contributed by atoms with Gasteiger partial charge in [-0.15, -0.1) is 0 Å². The molecule has 2 rings (SSSR count). The fourth-order valence-corrected chi connectivity index (χ4v) is 2.34. The molecule has 1 saturated heterocycles. The maximum Gasteiger partial charge on any atom is 0.150 e. The largest absolute Gasteiger partial charge is 0.396 e. The molecule has 0 radical (unpaired) electrons. The lowest BCUT2D eigenvalue weighted by molar-refractivity contribution is 0.238. The van der Waals surface area contributed by atoms with Gasteiger partial charge in [-0.1, -0.05) is 11.6 Å². The average molecular weight is 248 g/mol. The van der Waals surface area contributed by atoms with Crippen molar-refractivity contribution in [2.24, 2.45) is 5.92 Å². The highest BCUT2D eigenvalue weighted by Gasteiger charge is 2.26. The standard InChI is InChI=1S/C11H12ClF2NO/c12-9-3-8(13)4-10(14)11(9)15-2-1-7(5-15)6-16/h3-4,7,16H,1-2,5-6H2. The topological polar surface area (TPSA) is 23.5 Å². The predicted octanol–water partition coefficient (Wildman–Crippen LogP) is 2.44. The minimum atomic E-state index is -0.677. The van der Waals surface area contributed by atoms with Gasteiger partial charge in [0.1, 0.15) is 5.82 Å². The molecule has 1 fully saturated rings. The molecule has 0 saturated carbocycles. The summed E-state index contributed by atoms with van der Waals surface area (Å²) in [5.74, 6) is -1.19. The first kappa shape index (κ1) is 11.6. The summed E-state index contributed by atoms with van der Waals surface area (Å²) in [6, 6.07) is 1.93. The maximum atomic E-state index is 13.6. The van der Waals surface area contributed by atoms with Crippen molar-refractivity contribution in [2.75, 3.05) is 24.6 Å². The quantitative estimate of drug-likeness (QED) is 0.868. The Morgan fingerprint density at radius 2 is 2.19 bits per heavy atom. The van der Waals surface area contributed by atoms with Crippen LogP contribution in [-0.4, -0.2) is 24.8 Å². The highest BCUT2D eigenvalue weighted by atomic mass is 35.5. The van der Waals surface area contributed by atoms with Crippen molar-refractivity contribution in [1.82, 2.24) is 0 Å². The highest BCUT2D eigenvalue weighted by Crippen LogP contribution is 2.33. The lowest BCUT2D eigenvalue weighted by atomic mass is 10.1. The summed E-state index contributed by atoms with van der Waals surface area (Å²) in [5.41, 5.74) is 0.235. The molecular formula is C11H12ClF2NO. The molecule has 1 N–H and O–H groups in total. The summed E-state index contributed by atoms with van der Waals surface area (Å²) in [6.45, 7) is 1.27. The van der Waals surface area contributed by atoms with E-state index in [-0.39, 0.29) is 23.2 Å². The van der Waals surface area contributed by atoms with Crippen LogP contribution in [0.1, 0.15) is 6.42 Å². The van der Waals surface area contributed by atoms with Gasteiger partial charge in [-0.05, 0) is 12.5 Å². The number of hydrogen-bond donors (Lipinski definition) is 1. The summed E-state index contributed by atoms with van der Waals surface area (Å²) >= 11 is 5.82. The predicted molar refractivity (Wildman–Crippen MR) is 58.8 cm³/mol. The van der Waals surface area contributed by atoms with E-state index in [4.69, 9.17) is 16.7 Å². The minimum absolute atomic E-state index is 0.0797. The van der Waals surface area contributed by atoms with Crippen LogP contribution in [-0.2, 0) is 0 Å². The van der Waals surface area contributed by atoms with Crippen LogP contribution < -0.4 is 4.90 Å². The average Bonchev–Trinajstić information content (AvgIpc) is 2.64. The molecule has 0 aromatic heterocycles. The first-order valence-electron chi connectivity index (χ1n) is 5.12. The normalized spacial score (nSPS) is 20.5. The molecule has 16 heavy (non-hydrogen) atoms. The van der Waals surface area contributed by atoms with Crippen molar-refractivity contribution in [3.63, 3.8) is 0 Å². The summed E-state index contributed by atoms with van der Waals surface area (Å²) in [6.07, 6.45) is 0.795. The molecule has 1 aliphatic heterocycles. The minimum Gasteiger partial charge on any atom is -0.396 e. The Morgan fingerprint density at radius 3 is 2.75 bits per heavy atom. The fourth-order valence-electron chi connectivity index (χ4n) is 2.02. The van der Waals surface area contributed by atoms with Crippen LogP contribution in [0.25, 0.3) is 0 Å². The molecule has 0 spiro atoms.